The van der Waals surface area contributed by atoms with E-state index in [0.29, 0.717) is 5.56 Å². The average molecular weight is 347 g/mol. The van der Waals surface area contributed by atoms with Crippen molar-refractivity contribution in [2.75, 3.05) is 26.0 Å². The van der Waals surface area contributed by atoms with E-state index in [1.165, 1.54) is 12.1 Å². The van der Waals surface area contributed by atoms with E-state index >= 15 is 0 Å². The molecule has 1 unspecified atom stereocenters. The van der Waals surface area contributed by atoms with Crippen LogP contribution in [-0.2, 0) is 16.6 Å². The molecule has 7 nitrogen and oxygen atoms in total. The highest BCUT2D eigenvalue weighted by molar-refractivity contribution is 6.39. The van der Waals surface area contributed by atoms with Gasteiger partial charge in [-0.1, -0.05) is 6.07 Å². The largest absolute Gasteiger partial charge is 0.346 e. The van der Waals surface area contributed by atoms with Crippen molar-refractivity contribution in [2.45, 2.75) is 13.0 Å². The Morgan fingerprint density at radius 3 is 2.60 bits per heavy atom. The first-order valence-corrected chi connectivity index (χ1v) is 7.78. The van der Waals surface area contributed by atoms with Gasteiger partial charge in [-0.2, -0.15) is 5.10 Å². The molecule has 2 rings (SSSR count). The quantitative estimate of drug-likeness (QED) is 0.797. The minimum atomic E-state index is -0.841. The summed E-state index contributed by atoms with van der Waals surface area (Å²) in [5.74, 6) is -2.06. The first kappa shape index (κ1) is 18.6. The fraction of sp³-hybridized carbons (Fsp3) is 0.353. The van der Waals surface area contributed by atoms with Gasteiger partial charge in [0.2, 0.25) is 0 Å². The van der Waals surface area contributed by atoms with Gasteiger partial charge in [0.15, 0.2) is 0 Å². The Balaban J connectivity index is 1.95. The van der Waals surface area contributed by atoms with Crippen molar-refractivity contribution in [1.82, 2.24) is 20.0 Å². The van der Waals surface area contributed by atoms with E-state index in [0.717, 1.165) is 5.56 Å². The zero-order valence-electron chi connectivity index (χ0n) is 14.7. The van der Waals surface area contributed by atoms with Crippen LogP contribution in [0.3, 0.4) is 0 Å². The molecule has 0 fully saturated rings. The number of anilines is 1. The fourth-order valence-electron chi connectivity index (χ4n) is 2.34. The Kier molecular flexibility index (Phi) is 5.87. The predicted molar refractivity (Wildman–Crippen MR) is 92.4 cm³/mol. The van der Waals surface area contributed by atoms with E-state index in [-0.39, 0.29) is 18.3 Å². The number of carbonyl (C=O) groups excluding carboxylic acids is 2. The number of halogens is 1. The van der Waals surface area contributed by atoms with Crippen LogP contribution in [0, 0.1) is 12.7 Å². The number of nitrogens with one attached hydrogen (secondary N) is 2. The number of benzene rings is 1. The maximum absolute atomic E-state index is 13.5. The lowest BCUT2D eigenvalue weighted by atomic mass is 10.1. The highest BCUT2D eigenvalue weighted by Crippen LogP contribution is 2.16. The number of amides is 2. The van der Waals surface area contributed by atoms with Crippen molar-refractivity contribution in [3.05, 3.63) is 47.5 Å². The molecule has 0 spiro atoms. The summed E-state index contributed by atoms with van der Waals surface area (Å²) in [4.78, 5) is 25.9. The maximum atomic E-state index is 13.5. The standard InChI is InChI=1S/C17H22FN5O2/c1-11-5-6-13(7-14(11)18)21-17(25)16(24)19-9-15(22(2)3)12-8-20-23(4)10-12/h5-8,10,15H,9H2,1-4H3,(H,19,24)(H,21,25). The molecule has 2 amide bonds. The van der Waals surface area contributed by atoms with Crippen LogP contribution < -0.4 is 10.6 Å². The van der Waals surface area contributed by atoms with Crippen molar-refractivity contribution < 1.29 is 14.0 Å². The highest BCUT2D eigenvalue weighted by Gasteiger charge is 2.20. The molecule has 25 heavy (non-hydrogen) atoms. The SMILES string of the molecule is Cc1ccc(NC(=O)C(=O)NCC(c2cnn(C)c2)N(C)C)cc1F. The number of rotatable bonds is 5. The van der Waals surface area contributed by atoms with Gasteiger partial charge in [-0.3, -0.25) is 14.3 Å². The van der Waals surface area contributed by atoms with Crippen LogP contribution in [0.1, 0.15) is 17.2 Å². The monoisotopic (exact) mass is 347 g/mol. The number of hydrogen-bond donors (Lipinski definition) is 2. The molecule has 1 aromatic heterocycles. The lowest BCUT2D eigenvalue weighted by molar-refractivity contribution is -0.136. The van der Waals surface area contributed by atoms with Gasteiger partial charge < -0.3 is 15.5 Å². The number of aromatic nitrogens is 2. The number of nitrogens with zero attached hydrogens (tertiary/aromatic N) is 3. The number of likely N-dealkylation sites (N-methyl/N-ethyl adjacent to an activating group) is 1. The van der Waals surface area contributed by atoms with Crippen LogP contribution >= 0.6 is 0 Å². The fourth-order valence-corrected chi connectivity index (χ4v) is 2.34. The third-order valence-electron chi connectivity index (χ3n) is 3.82. The Morgan fingerprint density at radius 2 is 2.04 bits per heavy atom. The molecule has 1 heterocycles. The minimum Gasteiger partial charge on any atom is -0.346 e. The third kappa shape index (κ3) is 4.87. The van der Waals surface area contributed by atoms with Gasteiger partial charge in [0.25, 0.3) is 0 Å². The molecule has 0 saturated carbocycles. The number of hydrogen-bond acceptors (Lipinski definition) is 4. The summed E-state index contributed by atoms with van der Waals surface area (Å²) in [6.07, 6.45) is 3.57. The molecule has 0 bridgehead atoms. The van der Waals surface area contributed by atoms with Crippen LogP contribution in [0.4, 0.5) is 10.1 Å². The molecule has 0 radical (unpaired) electrons. The van der Waals surface area contributed by atoms with E-state index < -0.39 is 17.6 Å². The molecule has 1 atom stereocenters. The molecule has 2 N–H and O–H groups in total. The maximum Gasteiger partial charge on any atom is 0.313 e. The minimum absolute atomic E-state index is 0.123. The van der Waals surface area contributed by atoms with Crippen LogP contribution in [0.2, 0.25) is 0 Å². The summed E-state index contributed by atoms with van der Waals surface area (Å²) in [6, 6.07) is 4.13. The smallest absolute Gasteiger partial charge is 0.313 e. The van der Waals surface area contributed by atoms with Crippen LogP contribution in [0.25, 0.3) is 0 Å². The van der Waals surface area contributed by atoms with E-state index in [9.17, 15) is 14.0 Å². The Labute approximate surface area is 145 Å². The molecule has 0 saturated heterocycles. The zero-order chi connectivity index (χ0) is 18.6. The van der Waals surface area contributed by atoms with E-state index in [1.54, 1.807) is 23.9 Å². The first-order valence-electron chi connectivity index (χ1n) is 7.78. The summed E-state index contributed by atoms with van der Waals surface area (Å²) in [5.41, 5.74) is 1.63. The molecular weight excluding hydrogens is 325 g/mol. The van der Waals surface area contributed by atoms with Gasteiger partial charge in [0.1, 0.15) is 5.82 Å². The van der Waals surface area contributed by atoms with Crippen molar-refractivity contribution >= 4 is 17.5 Å². The second-order valence-corrected chi connectivity index (χ2v) is 6.05. The van der Waals surface area contributed by atoms with Crippen molar-refractivity contribution in [1.29, 1.82) is 0 Å². The summed E-state index contributed by atoms with van der Waals surface area (Å²) in [5, 5.41) is 9.10. The predicted octanol–water partition coefficient (Wildman–Crippen LogP) is 1.23. The van der Waals surface area contributed by atoms with Gasteiger partial charge >= 0.3 is 11.8 Å². The molecular formula is C17H22FN5O2. The highest BCUT2D eigenvalue weighted by atomic mass is 19.1. The normalized spacial score (nSPS) is 12.1. The van der Waals surface area contributed by atoms with Gasteiger partial charge in [0.05, 0.1) is 12.2 Å². The Bertz CT molecular complexity index is 772. The molecule has 2 aromatic rings. The van der Waals surface area contributed by atoms with Crippen LogP contribution in [0.5, 0.6) is 0 Å². The molecule has 134 valence electrons. The average Bonchev–Trinajstić information content (AvgIpc) is 2.96. The molecule has 0 aliphatic heterocycles. The van der Waals surface area contributed by atoms with Gasteiger partial charge in [-0.25, -0.2) is 4.39 Å². The molecule has 0 aliphatic carbocycles. The first-order chi connectivity index (χ1) is 11.8. The van der Waals surface area contributed by atoms with E-state index in [4.69, 9.17) is 0 Å². The lowest BCUT2D eigenvalue weighted by Crippen LogP contribution is -2.40. The number of aryl methyl sites for hydroxylation is 2. The molecule has 1 aromatic carbocycles. The second-order valence-electron chi connectivity index (χ2n) is 6.05. The van der Waals surface area contributed by atoms with Gasteiger partial charge in [-0.05, 0) is 38.7 Å². The van der Waals surface area contributed by atoms with Gasteiger partial charge in [-0.15, -0.1) is 0 Å². The zero-order valence-corrected chi connectivity index (χ0v) is 14.7. The van der Waals surface area contributed by atoms with E-state index in [1.807, 2.05) is 32.2 Å². The summed E-state index contributed by atoms with van der Waals surface area (Å²) in [7, 11) is 5.56. The third-order valence-corrected chi connectivity index (χ3v) is 3.82. The summed E-state index contributed by atoms with van der Waals surface area (Å²) >= 11 is 0. The summed E-state index contributed by atoms with van der Waals surface area (Å²) < 4.78 is 15.2. The van der Waals surface area contributed by atoms with Crippen molar-refractivity contribution in [2.24, 2.45) is 7.05 Å². The Morgan fingerprint density at radius 1 is 1.32 bits per heavy atom. The van der Waals surface area contributed by atoms with Crippen LogP contribution in [-0.4, -0.2) is 47.1 Å². The summed E-state index contributed by atoms with van der Waals surface area (Å²) in [6.45, 7) is 1.86. The number of carbonyl (C=O) groups is 2. The molecule has 0 aliphatic rings. The Hall–Kier alpha value is -2.74. The van der Waals surface area contributed by atoms with Crippen molar-refractivity contribution in [3.63, 3.8) is 0 Å². The van der Waals surface area contributed by atoms with E-state index in [2.05, 4.69) is 15.7 Å². The second kappa shape index (κ2) is 7.89. The molecule has 8 heteroatoms. The van der Waals surface area contributed by atoms with Gasteiger partial charge in [0, 0.05) is 31.0 Å². The van der Waals surface area contributed by atoms with Crippen molar-refractivity contribution in [3.8, 4) is 0 Å². The van der Waals surface area contributed by atoms with Crippen LogP contribution in [0.15, 0.2) is 30.6 Å². The lowest BCUT2D eigenvalue weighted by Gasteiger charge is -2.23. The topological polar surface area (TPSA) is 79.3 Å².